The van der Waals surface area contributed by atoms with E-state index < -0.39 is 4.92 Å². The average molecular weight is 283 g/mol. The van der Waals surface area contributed by atoms with Crippen LogP contribution in [0.1, 0.15) is 23.6 Å². The van der Waals surface area contributed by atoms with Crippen LogP contribution in [-0.4, -0.2) is 27.9 Å². The molecule has 5 heteroatoms. The Balaban J connectivity index is 1.62. The molecular formula is C16H17N3O2. The van der Waals surface area contributed by atoms with Crippen molar-refractivity contribution in [2.75, 3.05) is 13.1 Å². The first-order valence-electron chi connectivity index (χ1n) is 7.09. The fourth-order valence-electron chi connectivity index (χ4n) is 2.81. The second kappa shape index (κ2) is 6.01. The Morgan fingerprint density at radius 3 is 2.71 bits per heavy atom. The predicted molar refractivity (Wildman–Crippen MR) is 80.0 cm³/mol. The fourth-order valence-corrected chi connectivity index (χ4v) is 2.81. The van der Waals surface area contributed by atoms with E-state index in [2.05, 4.69) is 34.1 Å². The smallest absolute Gasteiger partial charge is 0.287 e. The summed E-state index contributed by atoms with van der Waals surface area (Å²) >= 11 is 0. The molecule has 0 unspecified atom stereocenters. The van der Waals surface area contributed by atoms with Crippen LogP contribution in [0, 0.1) is 10.1 Å². The first kappa shape index (κ1) is 13.7. The second-order valence-electron chi connectivity index (χ2n) is 5.40. The van der Waals surface area contributed by atoms with E-state index in [9.17, 15) is 10.1 Å². The lowest BCUT2D eigenvalue weighted by Gasteiger charge is -2.15. The van der Waals surface area contributed by atoms with Gasteiger partial charge in [0.1, 0.15) is 6.20 Å². The molecule has 1 saturated heterocycles. The number of hydrogen-bond acceptors (Lipinski definition) is 4. The molecule has 1 atom stereocenters. The summed E-state index contributed by atoms with van der Waals surface area (Å²) in [5.74, 6) is 0.370. The van der Waals surface area contributed by atoms with Crippen molar-refractivity contribution in [2.24, 2.45) is 0 Å². The van der Waals surface area contributed by atoms with Crippen molar-refractivity contribution in [3.05, 3.63) is 70.0 Å². The van der Waals surface area contributed by atoms with E-state index in [0.29, 0.717) is 5.92 Å². The largest absolute Gasteiger partial charge is 0.298 e. The summed E-state index contributed by atoms with van der Waals surface area (Å²) in [6, 6.07) is 13.7. The van der Waals surface area contributed by atoms with Crippen LogP contribution in [0.25, 0.3) is 0 Å². The van der Waals surface area contributed by atoms with Crippen LogP contribution in [0.15, 0.2) is 48.7 Å². The minimum atomic E-state index is -0.410. The summed E-state index contributed by atoms with van der Waals surface area (Å²) in [5.41, 5.74) is 2.32. The zero-order chi connectivity index (χ0) is 14.7. The Morgan fingerprint density at radius 1 is 1.24 bits per heavy atom. The summed E-state index contributed by atoms with van der Waals surface area (Å²) in [5, 5.41) is 10.6. The van der Waals surface area contributed by atoms with Crippen molar-refractivity contribution >= 4 is 5.69 Å². The SMILES string of the molecule is O=[N+]([O-])c1ccc([C@@H]2CCN(Cc3ccccc3)C2)nc1. The monoisotopic (exact) mass is 283 g/mol. The summed E-state index contributed by atoms with van der Waals surface area (Å²) in [6.07, 6.45) is 2.41. The molecule has 0 aliphatic carbocycles. The number of rotatable bonds is 4. The van der Waals surface area contributed by atoms with Crippen molar-refractivity contribution in [1.82, 2.24) is 9.88 Å². The zero-order valence-corrected chi connectivity index (χ0v) is 11.7. The first-order chi connectivity index (χ1) is 10.2. The molecule has 0 N–H and O–H groups in total. The normalized spacial score (nSPS) is 18.8. The lowest BCUT2D eigenvalue weighted by molar-refractivity contribution is -0.385. The van der Waals surface area contributed by atoms with Gasteiger partial charge in [-0.05, 0) is 24.6 Å². The van der Waals surface area contributed by atoms with Gasteiger partial charge in [-0.15, -0.1) is 0 Å². The summed E-state index contributed by atoms with van der Waals surface area (Å²) in [6.45, 7) is 2.95. The molecule has 1 aromatic heterocycles. The fraction of sp³-hybridized carbons (Fsp3) is 0.312. The van der Waals surface area contributed by atoms with Gasteiger partial charge in [-0.3, -0.25) is 20.0 Å². The Labute approximate surface area is 123 Å². The van der Waals surface area contributed by atoms with Gasteiger partial charge in [0.05, 0.1) is 4.92 Å². The highest BCUT2D eigenvalue weighted by atomic mass is 16.6. The van der Waals surface area contributed by atoms with Crippen LogP contribution in [0.5, 0.6) is 0 Å². The van der Waals surface area contributed by atoms with E-state index in [1.807, 2.05) is 6.07 Å². The molecule has 1 fully saturated rings. The van der Waals surface area contributed by atoms with Gasteiger partial charge in [-0.1, -0.05) is 30.3 Å². The van der Waals surface area contributed by atoms with Crippen molar-refractivity contribution in [1.29, 1.82) is 0 Å². The van der Waals surface area contributed by atoms with Crippen molar-refractivity contribution in [3.63, 3.8) is 0 Å². The van der Waals surface area contributed by atoms with Crippen molar-refractivity contribution in [3.8, 4) is 0 Å². The standard InChI is InChI=1S/C16H17N3O2/c20-19(21)15-6-7-16(17-10-15)14-8-9-18(12-14)11-13-4-2-1-3-5-13/h1-7,10,14H,8-9,11-12H2/t14-/m1/s1. The van der Waals surface area contributed by atoms with E-state index in [1.165, 1.54) is 11.8 Å². The zero-order valence-electron chi connectivity index (χ0n) is 11.7. The van der Waals surface area contributed by atoms with E-state index in [0.717, 1.165) is 31.7 Å². The summed E-state index contributed by atoms with van der Waals surface area (Å²) in [4.78, 5) is 16.9. The molecular weight excluding hydrogens is 266 g/mol. The predicted octanol–water partition coefficient (Wildman–Crippen LogP) is 2.98. The number of likely N-dealkylation sites (tertiary alicyclic amines) is 1. The number of pyridine rings is 1. The Morgan fingerprint density at radius 2 is 2.05 bits per heavy atom. The third-order valence-electron chi connectivity index (χ3n) is 3.92. The summed E-state index contributed by atoms with van der Waals surface area (Å²) in [7, 11) is 0. The highest BCUT2D eigenvalue weighted by Gasteiger charge is 2.25. The minimum absolute atomic E-state index is 0.0536. The van der Waals surface area contributed by atoms with E-state index in [-0.39, 0.29) is 5.69 Å². The number of aromatic nitrogens is 1. The Bertz CT molecular complexity index is 613. The number of benzene rings is 1. The van der Waals surface area contributed by atoms with Gasteiger partial charge in [0, 0.05) is 30.8 Å². The number of nitrogens with zero attached hydrogens (tertiary/aromatic N) is 3. The topological polar surface area (TPSA) is 59.3 Å². The third kappa shape index (κ3) is 3.25. The highest BCUT2D eigenvalue weighted by Crippen LogP contribution is 2.27. The van der Waals surface area contributed by atoms with Gasteiger partial charge in [0.15, 0.2) is 0 Å². The van der Waals surface area contributed by atoms with Crippen LogP contribution >= 0.6 is 0 Å². The van der Waals surface area contributed by atoms with Crippen LogP contribution in [0.3, 0.4) is 0 Å². The quantitative estimate of drug-likeness (QED) is 0.639. The van der Waals surface area contributed by atoms with Crippen LogP contribution in [0.2, 0.25) is 0 Å². The van der Waals surface area contributed by atoms with Gasteiger partial charge >= 0.3 is 0 Å². The molecule has 3 rings (SSSR count). The lowest BCUT2D eigenvalue weighted by atomic mass is 10.0. The number of nitro groups is 1. The average Bonchev–Trinajstić information content (AvgIpc) is 2.97. The molecule has 108 valence electrons. The molecule has 21 heavy (non-hydrogen) atoms. The van der Waals surface area contributed by atoms with Crippen LogP contribution in [0.4, 0.5) is 5.69 Å². The van der Waals surface area contributed by atoms with Crippen LogP contribution < -0.4 is 0 Å². The summed E-state index contributed by atoms with van der Waals surface area (Å²) < 4.78 is 0. The molecule has 1 aliphatic heterocycles. The maximum Gasteiger partial charge on any atom is 0.287 e. The molecule has 0 bridgehead atoms. The third-order valence-corrected chi connectivity index (χ3v) is 3.92. The van der Waals surface area contributed by atoms with E-state index in [1.54, 1.807) is 12.1 Å². The maximum atomic E-state index is 10.6. The molecule has 5 nitrogen and oxygen atoms in total. The van der Waals surface area contributed by atoms with E-state index >= 15 is 0 Å². The Hall–Kier alpha value is -2.27. The Kier molecular flexibility index (Phi) is 3.92. The molecule has 1 aliphatic rings. The molecule has 0 radical (unpaired) electrons. The van der Waals surface area contributed by atoms with Crippen LogP contribution in [-0.2, 0) is 6.54 Å². The van der Waals surface area contributed by atoms with Gasteiger partial charge < -0.3 is 0 Å². The van der Waals surface area contributed by atoms with Gasteiger partial charge in [0.2, 0.25) is 0 Å². The highest BCUT2D eigenvalue weighted by molar-refractivity contribution is 5.28. The second-order valence-corrected chi connectivity index (χ2v) is 5.40. The number of hydrogen-bond donors (Lipinski definition) is 0. The van der Waals surface area contributed by atoms with Gasteiger partial charge in [0.25, 0.3) is 5.69 Å². The lowest BCUT2D eigenvalue weighted by Crippen LogP contribution is -2.19. The van der Waals surface area contributed by atoms with Crippen molar-refractivity contribution in [2.45, 2.75) is 18.9 Å². The van der Waals surface area contributed by atoms with Gasteiger partial charge in [-0.25, -0.2) is 0 Å². The minimum Gasteiger partial charge on any atom is -0.298 e. The molecule has 0 amide bonds. The maximum absolute atomic E-state index is 10.6. The molecule has 0 spiro atoms. The van der Waals surface area contributed by atoms with E-state index in [4.69, 9.17) is 0 Å². The molecule has 0 saturated carbocycles. The van der Waals surface area contributed by atoms with Crippen molar-refractivity contribution < 1.29 is 4.92 Å². The molecule has 1 aromatic carbocycles. The molecule has 2 aromatic rings. The molecule has 2 heterocycles. The first-order valence-corrected chi connectivity index (χ1v) is 7.09. The van der Waals surface area contributed by atoms with Gasteiger partial charge in [-0.2, -0.15) is 0 Å².